The molecule has 3 N–H and O–H groups in total. The van der Waals surface area contributed by atoms with E-state index in [4.69, 9.17) is 10.5 Å². The minimum Gasteiger partial charge on any atom is -0.493 e. The molecule has 1 aromatic heterocycles. The molecule has 11 heteroatoms. The minimum atomic E-state index is -0.663. The molecule has 4 rings (SSSR count). The van der Waals surface area contributed by atoms with E-state index >= 15 is 4.39 Å². The first-order valence-corrected chi connectivity index (χ1v) is 15.7. The van der Waals surface area contributed by atoms with Crippen molar-refractivity contribution in [1.29, 1.82) is 5.26 Å². The number of amides is 2. The van der Waals surface area contributed by atoms with Gasteiger partial charge in [0.15, 0.2) is 0 Å². The van der Waals surface area contributed by atoms with Crippen LogP contribution in [0.25, 0.3) is 5.57 Å². The van der Waals surface area contributed by atoms with Gasteiger partial charge < -0.3 is 25.6 Å². The van der Waals surface area contributed by atoms with Gasteiger partial charge in [-0.25, -0.2) is 14.4 Å². The Bertz CT molecular complexity index is 1660. The smallest absolute Gasteiger partial charge is 0.257 e. The highest BCUT2D eigenvalue weighted by Crippen LogP contribution is 2.43. The molecule has 1 aromatic carbocycles. The number of halogens is 1. The fourth-order valence-corrected chi connectivity index (χ4v) is 5.88. The zero-order chi connectivity index (χ0) is 33.5. The number of hydrogen-bond acceptors (Lipinski definition) is 8. The van der Waals surface area contributed by atoms with Crippen molar-refractivity contribution in [3.8, 4) is 11.8 Å². The van der Waals surface area contributed by atoms with Crippen LogP contribution in [0.15, 0.2) is 65.3 Å². The van der Waals surface area contributed by atoms with Gasteiger partial charge in [0.25, 0.3) is 5.91 Å². The van der Waals surface area contributed by atoms with E-state index in [2.05, 4.69) is 21.9 Å². The van der Waals surface area contributed by atoms with Crippen molar-refractivity contribution < 1.29 is 18.7 Å². The van der Waals surface area contributed by atoms with E-state index in [1.807, 2.05) is 36.6 Å². The predicted molar refractivity (Wildman–Crippen MR) is 177 cm³/mol. The van der Waals surface area contributed by atoms with E-state index in [9.17, 15) is 14.9 Å². The number of piperidine rings is 1. The van der Waals surface area contributed by atoms with E-state index in [0.29, 0.717) is 42.8 Å². The third-order valence-corrected chi connectivity index (χ3v) is 8.47. The van der Waals surface area contributed by atoms with Crippen molar-refractivity contribution in [3.63, 3.8) is 0 Å². The van der Waals surface area contributed by atoms with Crippen LogP contribution in [-0.2, 0) is 4.79 Å². The summed E-state index contributed by atoms with van der Waals surface area (Å²) in [4.78, 5) is 38.0. The Morgan fingerprint density at radius 3 is 2.70 bits per heavy atom. The lowest BCUT2D eigenvalue weighted by atomic mass is 9.86. The van der Waals surface area contributed by atoms with Gasteiger partial charge in [-0.15, -0.1) is 0 Å². The van der Waals surface area contributed by atoms with E-state index in [1.54, 1.807) is 20.0 Å². The van der Waals surface area contributed by atoms with Crippen molar-refractivity contribution >= 4 is 29.0 Å². The Morgan fingerprint density at radius 2 is 2.04 bits per heavy atom. The summed E-state index contributed by atoms with van der Waals surface area (Å²) in [6.07, 6.45) is 6.06. The van der Waals surface area contributed by atoms with Crippen LogP contribution in [0.4, 0.5) is 10.2 Å². The quantitative estimate of drug-likeness (QED) is 0.320. The number of hydrogen-bond donors (Lipinski definition) is 2. The maximum absolute atomic E-state index is 16.5. The number of nitrogens with one attached hydrogen (secondary N) is 1. The van der Waals surface area contributed by atoms with Crippen LogP contribution in [0.2, 0.25) is 0 Å². The molecule has 10 nitrogen and oxygen atoms in total. The summed E-state index contributed by atoms with van der Waals surface area (Å²) in [5.41, 5.74) is 9.91. The fraction of sp³-hybridized carbons (Fsp3) is 0.400. The fourth-order valence-electron chi connectivity index (χ4n) is 5.88. The van der Waals surface area contributed by atoms with Crippen molar-refractivity contribution in [2.24, 2.45) is 22.6 Å². The lowest BCUT2D eigenvalue weighted by Crippen LogP contribution is -2.43. The lowest BCUT2D eigenvalue weighted by Gasteiger charge is -2.41. The van der Waals surface area contributed by atoms with E-state index in [0.717, 1.165) is 24.2 Å². The monoisotopic (exact) mass is 627 g/mol. The zero-order valence-corrected chi connectivity index (χ0v) is 27.2. The molecule has 2 aliphatic rings. The second kappa shape index (κ2) is 14.9. The van der Waals surface area contributed by atoms with Gasteiger partial charge in [0.05, 0.1) is 29.5 Å². The van der Waals surface area contributed by atoms with E-state index in [-0.39, 0.29) is 52.9 Å². The number of pyridine rings is 1. The molecule has 2 atom stereocenters. The number of nitriles is 1. The normalized spacial score (nSPS) is 18.2. The van der Waals surface area contributed by atoms with E-state index in [1.165, 1.54) is 30.5 Å². The van der Waals surface area contributed by atoms with Gasteiger partial charge in [-0.3, -0.25) is 9.59 Å². The number of aromatic nitrogens is 1. The number of likely N-dealkylation sites (tertiary alicyclic amines) is 1. The van der Waals surface area contributed by atoms with Gasteiger partial charge in [0.1, 0.15) is 23.2 Å². The average molecular weight is 628 g/mol. The SMILES string of the molecule is C=C(C1CCCN(C(C)=O)C1)N1C(CC)=CN=C(N)/C1=C(\c1c(F)cc(C(=O)Nc2cc(C#N)ccn2)cc1OCC)C(C)CC. The maximum Gasteiger partial charge on any atom is 0.257 e. The number of aliphatic imine (C=N–C) groups is 1. The van der Waals surface area contributed by atoms with Crippen molar-refractivity contribution in [3.05, 3.63) is 82.8 Å². The van der Waals surface area contributed by atoms with Gasteiger partial charge in [-0.1, -0.05) is 27.4 Å². The molecular formula is C35H42FN7O3. The van der Waals surface area contributed by atoms with Crippen LogP contribution < -0.4 is 15.8 Å². The van der Waals surface area contributed by atoms with Crippen LogP contribution in [-0.4, -0.2) is 52.1 Å². The van der Waals surface area contributed by atoms with Gasteiger partial charge in [-0.05, 0) is 68.4 Å². The summed E-state index contributed by atoms with van der Waals surface area (Å²) in [7, 11) is 0. The number of carbonyl (C=O) groups excluding carboxylic acids is 2. The molecule has 2 unspecified atom stereocenters. The second-order valence-corrected chi connectivity index (χ2v) is 11.5. The lowest BCUT2D eigenvalue weighted by molar-refractivity contribution is -0.130. The molecule has 0 bridgehead atoms. The standard InChI is InChI=1S/C35H42FN7O3/c1-7-21(4)31(33-34(38)40-19-27(8-2)43(33)22(5)25-11-10-14-42(20-25)23(6)44)32-28(36)16-26(17-29(32)46-9-3)35(45)41-30-15-24(18-37)12-13-39-30/h12-13,15-17,19,21,25H,5,7-11,14,20H2,1-4,6H3,(H2,38,40)(H,39,41,45)/b33-31+. The summed E-state index contributed by atoms with van der Waals surface area (Å²) in [6.45, 7) is 15.3. The molecule has 2 aliphatic heterocycles. The number of amidine groups is 1. The number of rotatable bonds is 10. The van der Waals surface area contributed by atoms with Crippen LogP contribution in [0.5, 0.6) is 5.75 Å². The molecule has 1 fully saturated rings. The minimum absolute atomic E-state index is 0.0145. The molecule has 2 aromatic rings. The van der Waals surface area contributed by atoms with Crippen LogP contribution in [0.3, 0.4) is 0 Å². The van der Waals surface area contributed by atoms with Crippen molar-refractivity contribution in [1.82, 2.24) is 14.8 Å². The first-order chi connectivity index (χ1) is 22.0. The molecule has 242 valence electrons. The highest BCUT2D eigenvalue weighted by molar-refractivity contribution is 6.07. The summed E-state index contributed by atoms with van der Waals surface area (Å²) >= 11 is 0. The highest BCUT2D eigenvalue weighted by Gasteiger charge is 2.35. The number of benzene rings is 1. The first kappa shape index (κ1) is 33.9. The third kappa shape index (κ3) is 7.12. The molecule has 1 saturated heterocycles. The Balaban J connectivity index is 1.88. The van der Waals surface area contributed by atoms with Gasteiger partial charge >= 0.3 is 0 Å². The van der Waals surface area contributed by atoms with Crippen LogP contribution in [0.1, 0.15) is 81.8 Å². The van der Waals surface area contributed by atoms with Crippen LogP contribution >= 0.6 is 0 Å². The number of nitrogens with two attached hydrogens (primary N) is 1. The summed E-state index contributed by atoms with van der Waals surface area (Å²) in [6, 6.07) is 7.64. The number of allylic oxidation sites excluding steroid dienone is 2. The van der Waals surface area contributed by atoms with Gasteiger partial charge in [-0.2, -0.15) is 5.26 Å². The maximum atomic E-state index is 16.5. The molecular weight excluding hydrogens is 585 g/mol. The van der Waals surface area contributed by atoms with Gasteiger partial charge in [0, 0.05) is 55.3 Å². The zero-order valence-electron chi connectivity index (χ0n) is 27.2. The second-order valence-electron chi connectivity index (χ2n) is 11.5. The Labute approximate surface area is 270 Å². The van der Waals surface area contributed by atoms with Crippen LogP contribution in [0, 0.1) is 29.0 Å². The molecule has 46 heavy (non-hydrogen) atoms. The Kier molecular flexibility index (Phi) is 11.0. The Hall–Kier alpha value is -4.98. The number of nitrogens with zero attached hydrogens (tertiary/aromatic N) is 5. The molecule has 3 heterocycles. The van der Waals surface area contributed by atoms with Crippen molar-refractivity contribution in [2.45, 2.75) is 60.3 Å². The third-order valence-electron chi connectivity index (χ3n) is 8.47. The topological polar surface area (TPSA) is 137 Å². The average Bonchev–Trinajstić information content (AvgIpc) is 3.05. The van der Waals surface area contributed by atoms with E-state index < -0.39 is 11.7 Å². The van der Waals surface area contributed by atoms with Gasteiger partial charge in [0.2, 0.25) is 5.91 Å². The largest absolute Gasteiger partial charge is 0.493 e. The molecule has 0 aliphatic carbocycles. The summed E-state index contributed by atoms with van der Waals surface area (Å²) < 4.78 is 22.6. The number of carbonyl (C=O) groups is 2. The number of ether oxygens (including phenoxy) is 1. The summed E-state index contributed by atoms with van der Waals surface area (Å²) in [5, 5.41) is 11.8. The Morgan fingerprint density at radius 1 is 1.28 bits per heavy atom. The number of anilines is 1. The van der Waals surface area contributed by atoms with Crippen molar-refractivity contribution in [2.75, 3.05) is 25.0 Å². The molecule has 0 spiro atoms. The molecule has 0 radical (unpaired) electrons. The molecule has 0 saturated carbocycles. The highest BCUT2D eigenvalue weighted by atomic mass is 19.1. The molecule has 2 amide bonds. The first-order valence-electron chi connectivity index (χ1n) is 15.7. The summed E-state index contributed by atoms with van der Waals surface area (Å²) in [5.74, 6) is -0.947. The predicted octanol–water partition coefficient (Wildman–Crippen LogP) is 6.20.